The summed E-state index contributed by atoms with van der Waals surface area (Å²) in [5.74, 6) is -2.23. The Balaban J connectivity index is 2.03. The molecule has 0 fully saturated rings. The first-order valence-corrected chi connectivity index (χ1v) is 5.87. The van der Waals surface area contributed by atoms with Gasteiger partial charge in [-0.25, -0.2) is 18.9 Å². The van der Waals surface area contributed by atoms with Crippen LogP contribution >= 0.6 is 0 Å². The molecule has 0 saturated heterocycles. The third kappa shape index (κ3) is 4.23. The zero-order valence-electron chi connectivity index (χ0n) is 10.7. The lowest BCUT2D eigenvalue weighted by Crippen LogP contribution is -2.19. The molecule has 2 rings (SSSR count). The molecule has 21 heavy (non-hydrogen) atoms. The number of hydrogen-bond acceptors (Lipinski definition) is 4. The molecule has 0 aliphatic rings. The van der Waals surface area contributed by atoms with E-state index >= 15 is 0 Å². The van der Waals surface area contributed by atoms with Crippen LogP contribution in [0.25, 0.3) is 6.08 Å². The molecule has 8 heteroatoms. The van der Waals surface area contributed by atoms with Crippen molar-refractivity contribution in [1.82, 2.24) is 14.8 Å². The highest BCUT2D eigenvalue weighted by molar-refractivity contribution is 5.91. The van der Waals surface area contributed by atoms with E-state index in [0.29, 0.717) is 5.56 Å². The summed E-state index contributed by atoms with van der Waals surface area (Å²) in [6.07, 6.45) is 4.82. The molecule has 1 aromatic carbocycles. The number of aliphatic carboxylic acids is 1. The van der Waals surface area contributed by atoms with E-state index in [2.05, 4.69) is 15.4 Å². The van der Waals surface area contributed by atoms with Crippen molar-refractivity contribution in [3.63, 3.8) is 0 Å². The van der Waals surface area contributed by atoms with Crippen LogP contribution in [0.1, 0.15) is 5.56 Å². The molecule has 0 atom stereocenters. The van der Waals surface area contributed by atoms with E-state index in [-0.39, 0.29) is 12.2 Å². The molecule has 1 aromatic heterocycles. The third-order valence-corrected chi connectivity index (χ3v) is 2.46. The summed E-state index contributed by atoms with van der Waals surface area (Å²) in [5, 5.41) is 14.6. The Morgan fingerprint density at radius 2 is 2.24 bits per heavy atom. The van der Waals surface area contributed by atoms with Gasteiger partial charge in [-0.2, -0.15) is 5.10 Å². The quantitative estimate of drug-likeness (QED) is 0.805. The van der Waals surface area contributed by atoms with Gasteiger partial charge in [0.2, 0.25) is 5.91 Å². The van der Waals surface area contributed by atoms with Crippen molar-refractivity contribution in [2.75, 3.05) is 5.32 Å². The molecule has 0 radical (unpaired) electrons. The fourth-order valence-corrected chi connectivity index (χ4v) is 1.56. The number of halogens is 1. The molecule has 1 amide bonds. The van der Waals surface area contributed by atoms with Crippen molar-refractivity contribution in [2.24, 2.45) is 0 Å². The molecule has 0 unspecified atom stereocenters. The number of nitrogens with one attached hydrogen (secondary N) is 1. The van der Waals surface area contributed by atoms with Gasteiger partial charge in [-0.05, 0) is 23.8 Å². The molecule has 0 saturated carbocycles. The van der Waals surface area contributed by atoms with Gasteiger partial charge < -0.3 is 10.4 Å². The van der Waals surface area contributed by atoms with E-state index in [1.807, 2.05) is 0 Å². The van der Waals surface area contributed by atoms with Crippen molar-refractivity contribution in [2.45, 2.75) is 6.54 Å². The Morgan fingerprint density at radius 1 is 1.43 bits per heavy atom. The lowest BCUT2D eigenvalue weighted by Gasteiger charge is -2.07. The van der Waals surface area contributed by atoms with Gasteiger partial charge in [-0.3, -0.25) is 4.79 Å². The van der Waals surface area contributed by atoms with Crippen LogP contribution in [0.3, 0.4) is 0 Å². The predicted octanol–water partition coefficient (Wildman–Crippen LogP) is 1.15. The number of carbonyl (C=O) groups is 2. The highest BCUT2D eigenvalue weighted by atomic mass is 19.1. The maximum absolute atomic E-state index is 13.8. The maximum atomic E-state index is 13.8. The summed E-state index contributed by atoms with van der Waals surface area (Å²) in [5.41, 5.74) is 0.386. The highest BCUT2D eigenvalue weighted by Gasteiger charge is 2.08. The lowest BCUT2D eigenvalue weighted by molar-refractivity contribution is -0.131. The molecular weight excluding hydrogens is 279 g/mol. The topological polar surface area (TPSA) is 97.1 Å². The predicted molar refractivity (Wildman–Crippen MR) is 71.7 cm³/mol. The second-order valence-electron chi connectivity index (χ2n) is 4.05. The van der Waals surface area contributed by atoms with Gasteiger partial charge in [0.25, 0.3) is 0 Å². The van der Waals surface area contributed by atoms with Gasteiger partial charge in [-0.1, -0.05) is 6.07 Å². The number of rotatable bonds is 5. The summed E-state index contributed by atoms with van der Waals surface area (Å²) in [6.45, 7) is -0.0832. The largest absolute Gasteiger partial charge is 0.478 e. The van der Waals surface area contributed by atoms with Crippen molar-refractivity contribution in [3.05, 3.63) is 48.3 Å². The molecule has 0 spiro atoms. The average Bonchev–Trinajstić information content (AvgIpc) is 2.92. The van der Waals surface area contributed by atoms with E-state index < -0.39 is 17.7 Å². The van der Waals surface area contributed by atoms with E-state index in [0.717, 1.165) is 12.1 Å². The average molecular weight is 290 g/mol. The molecule has 7 nitrogen and oxygen atoms in total. The molecule has 108 valence electrons. The number of nitrogens with zero attached hydrogens (tertiary/aromatic N) is 3. The minimum atomic E-state index is -1.12. The molecule has 0 aliphatic heterocycles. The van der Waals surface area contributed by atoms with Crippen molar-refractivity contribution >= 4 is 23.6 Å². The van der Waals surface area contributed by atoms with Crippen molar-refractivity contribution < 1.29 is 19.1 Å². The number of carbonyl (C=O) groups excluding carboxylic acids is 1. The second-order valence-corrected chi connectivity index (χ2v) is 4.05. The van der Waals surface area contributed by atoms with Gasteiger partial charge in [0.05, 0.1) is 5.69 Å². The van der Waals surface area contributed by atoms with Gasteiger partial charge >= 0.3 is 5.97 Å². The fraction of sp³-hybridized carbons (Fsp3) is 0.0769. The zero-order valence-corrected chi connectivity index (χ0v) is 10.7. The molecular formula is C13H11FN4O3. The molecule has 2 N–H and O–H groups in total. The maximum Gasteiger partial charge on any atom is 0.328 e. The number of benzene rings is 1. The van der Waals surface area contributed by atoms with E-state index in [1.165, 1.54) is 35.5 Å². The van der Waals surface area contributed by atoms with Crippen LogP contribution in [0, 0.1) is 5.82 Å². The zero-order chi connectivity index (χ0) is 15.2. The number of hydrogen-bond donors (Lipinski definition) is 2. The van der Waals surface area contributed by atoms with Crippen LogP contribution in [-0.2, 0) is 16.1 Å². The Hall–Kier alpha value is -3.03. The summed E-state index contributed by atoms with van der Waals surface area (Å²) in [6, 6.07) is 3.98. The number of anilines is 1. The Morgan fingerprint density at radius 3 is 2.86 bits per heavy atom. The number of carboxylic acid groups (broad SMARTS) is 1. The van der Waals surface area contributed by atoms with E-state index in [9.17, 15) is 14.0 Å². The van der Waals surface area contributed by atoms with Crippen LogP contribution in [0.4, 0.5) is 10.1 Å². The van der Waals surface area contributed by atoms with Crippen molar-refractivity contribution in [3.8, 4) is 0 Å². The van der Waals surface area contributed by atoms with Crippen molar-refractivity contribution in [1.29, 1.82) is 0 Å². The summed E-state index contributed by atoms with van der Waals surface area (Å²) in [4.78, 5) is 25.7. The fourth-order valence-electron chi connectivity index (χ4n) is 1.56. The van der Waals surface area contributed by atoms with Gasteiger partial charge in [0.1, 0.15) is 25.0 Å². The summed E-state index contributed by atoms with van der Waals surface area (Å²) < 4.78 is 15.1. The number of amides is 1. The summed E-state index contributed by atoms with van der Waals surface area (Å²) in [7, 11) is 0. The minimum absolute atomic E-state index is 0.00703. The Kier molecular flexibility index (Phi) is 4.39. The monoisotopic (exact) mass is 290 g/mol. The van der Waals surface area contributed by atoms with Gasteiger partial charge in [-0.15, -0.1) is 0 Å². The molecule has 2 aromatic rings. The first-order valence-electron chi connectivity index (χ1n) is 5.87. The smallest absolute Gasteiger partial charge is 0.328 e. The minimum Gasteiger partial charge on any atom is -0.478 e. The number of carboxylic acids is 1. The Bertz CT molecular complexity index is 683. The Labute approximate surface area is 118 Å². The summed E-state index contributed by atoms with van der Waals surface area (Å²) >= 11 is 0. The first-order chi connectivity index (χ1) is 10.0. The van der Waals surface area contributed by atoms with Crippen LogP contribution in [0.5, 0.6) is 0 Å². The molecule has 0 bridgehead atoms. The van der Waals surface area contributed by atoms with Crippen LogP contribution < -0.4 is 5.32 Å². The molecule has 1 heterocycles. The van der Waals surface area contributed by atoms with Crippen LogP contribution in [-0.4, -0.2) is 31.7 Å². The van der Waals surface area contributed by atoms with Crippen LogP contribution in [0.15, 0.2) is 36.9 Å². The standard InChI is InChI=1S/C13H11FN4O3/c14-10-5-9(2-4-13(20)21)1-3-11(10)17-12(19)6-18-8-15-7-16-18/h1-5,7-8H,6H2,(H,17,19)(H,20,21). The van der Waals surface area contributed by atoms with Gasteiger partial charge in [0.15, 0.2) is 0 Å². The lowest BCUT2D eigenvalue weighted by atomic mass is 10.2. The second kappa shape index (κ2) is 6.42. The third-order valence-electron chi connectivity index (χ3n) is 2.46. The SMILES string of the molecule is O=C(O)C=Cc1ccc(NC(=O)Cn2cncn2)c(F)c1. The normalized spacial score (nSPS) is 10.7. The molecule has 0 aliphatic carbocycles. The van der Waals surface area contributed by atoms with E-state index in [4.69, 9.17) is 5.11 Å². The van der Waals surface area contributed by atoms with E-state index in [1.54, 1.807) is 0 Å². The van der Waals surface area contributed by atoms with Crippen LogP contribution in [0.2, 0.25) is 0 Å². The van der Waals surface area contributed by atoms with Gasteiger partial charge in [0, 0.05) is 6.08 Å². The number of aromatic nitrogens is 3. The highest BCUT2D eigenvalue weighted by Crippen LogP contribution is 2.16. The first kappa shape index (κ1) is 14.4.